The third-order valence-electron chi connectivity index (χ3n) is 2.75. The van der Waals surface area contributed by atoms with Crippen molar-refractivity contribution in [2.45, 2.75) is 12.5 Å². The van der Waals surface area contributed by atoms with Crippen LogP contribution in [0.4, 0.5) is 8.78 Å². The van der Waals surface area contributed by atoms with Gasteiger partial charge in [0, 0.05) is 10.5 Å². The Morgan fingerprint density at radius 1 is 1.05 bits per heavy atom. The van der Waals surface area contributed by atoms with Crippen molar-refractivity contribution in [2.24, 2.45) is 5.73 Å². The van der Waals surface area contributed by atoms with E-state index in [0.29, 0.717) is 20.9 Å². The van der Waals surface area contributed by atoms with Gasteiger partial charge in [0.05, 0.1) is 4.47 Å². The van der Waals surface area contributed by atoms with Crippen molar-refractivity contribution in [2.75, 3.05) is 0 Å². The lowest BCUT2D eigenvalue weighted by Crippen LogP contribution is -2.13. The highest BCUT2D eigenvalue weighted by Crippen LogP contribution is 2.23. The van der Waals surface area contributed by atoms with Crippen molar-refractivity contribution < 1.29 is 8.78 Å². The molecule has 2 aromatic carbocycles. The van der Waals surface area contributed by atoms with Gasteiger partial charge in [-0.15, -0.1) is 0 Å². The third kappa shape index (κ3) is 3.84. The molecule has 1 nitrogen and oxygen atoms in total. The average molecular weight is 391 g/mol. The SMILES string of the molecule is NC(Cc1cc(F)cc(Br)c1)c1ccc(Br)c(F)c1. The van der Waals surface area contributed by atoms with Gasteiger partial charge in [0.25, 0.3) is 0 Å². The Kier molecular flexibility index (Phi) is 4.71. The Morgan fingerprint density at radius 3 is 2.42 bits per heavy atom. The molecular weight excluding hydrogens is 380 g/mol. The van der Waals surface area contributed by atoms with Crippen LogP contribution in [-0.2, 0) is 6.42 Å². The van der Waals surface area contributed by atoms with Crippen LogP contribution in [0.1, 0.15) is 17.2 Å². The second-order valence-electron chi connectivity index (χ2n) is 4.26. The van der Waals surface area contributed by atoms with Crippen LogP contribution < -0.4 is 5.73 Å². The standard InChI is InChI=1S/C14H11Br2F2N/c15-10-3-8(4-11(17)7-10)5-14(19)9-1-2-12(16)13(18)6-9/h1-4,6-7,14H,5,19H2. The molecule has 0 aliphatic heterocycles. The van der Waals surface area contributed by atoms with Crippen LogP contribution in [0.5, 0.6) is 0 Å². The first-order valence-corrected chi connectivity index (χ1v) is 7.20. The summed E-state index contributed by atoms with van der Waals surface area (Å²) in [4.78, 5) is 0. The first-order chi connectivity index (χ1) is 8.95. The predicted molar refractivity (Wildman–Crippen MR) is 78.8 cm³/mol. The van der Waals surface area contributed by atoms with Gasteiger partial charge in [0.15, 0.2) is 0 Å². The summed E-state index contributed by atoms with van der Waals surface area (Å²) in [7, 11) is 0. The van der Waals surface area contributed by atoms with Crippen molar-refractivity contribution in [3.05, 3.63) is 68.1 Å². The van der Waals surface area contributed by atoms with Crippen LogP contribution in [0.3, 0.4) is 0 Å². The Bertz CT molecular complexity index is 582. The molecule has 0 spiro atoms. The van der Waals surface area contributed by atoms with E-state index in [4.69, 9.17) is 5.73 Å². The topological polar surface area (TPSA) is 26.0 Å². The molecule has 19 heavy (non-hydrogen) atoms. The fourth-order valence-corrected chi connectivity index (χ4v) is 2.60. The molecule has 100 valence electrons. The number of rotatable bonds is 3. The summed E-state index contributed by atoms with van der Waals surface area (Å²) in [5, 5.41) is 0. The van der Waals surface area contributed by atoms with Crippen molar-refractivity contribution >= 4 is 31.9 Å². The molecule has 2 N–H and O–H groups in total. The minimum absolute atomic E-state index is 0.321. The van der Waals surface area contributed by atoms with Crippen LogP contribution in [0.2, 0.25) is 0 Å². The average Bonchev–Trinajstić information content (AvgIpc) is 2.31. The predicted octanol–water partition coefficient (Wildman–Crippen LogP) is 4.73. The molecule has 0 heterocycles. The molecule has 0 aromatic heterocycles. The Labute approximate surface area is 127 Å². The van der Waals surface area contributed by atoms with Gasteiger partial charge in [0.2, 0.25) is 0 Å². The van der Waals surface area contributed by atoms with Crippen molar-refractivity contribution in [3.63, 3.8) is 0 Å². The van der Waals surface area contributed by atoms with E-state index in [1.54, 1.807) is 18.2 Å². The smallest absolute Gasteiger partial charge is 0.137 e. The lowest BCUT2D eigenvalue weighted by Gasteiger charge is -2.13. The summed E-state index contributed by atoms with van der Waals surface area (Å²) in [5.41, 5.74) is 7.47. The summed E-state index contributed by atoms with van der Waals surface area (Å²) < 4.78 is 27.8. The third-order valence-corrected chi connectivity index (χ3v) is 3.85. The lowest BCUT2D eigenvalue weighted by atomic mass is 9.99. The van der Waals surface area contributed by atoms with E-state index < -0.39 is 0 Å². The first kappa shape index (κ1) is 14.6. The number of halogens is 4. The van der Waals surface area contributed by atoms with Gasteiger partial charge in [-0.05, 0) is 63.8 Å². The van der Waals surface area contributed by atoms with Crippen molar-refractivity contribution in [1.29, 1.82) is 0 Å². The second-order valence-corrected chi connectivity index (χ2v) is 6.03. The van der Waals surface area contributed by atoms with E-state index in [1.165, 1.54) is 18.2 Å². The zero-order valence-electron chi connectivity index (χ0n) is 9.84. The van der Waals surface area contributed by atoms with Crippen LogP contribution in [-0.4, -0.2) is 0 Å². The molecule has 0 fully saturated rings. The van der Waals surface area contributed by atoms with E-state index >= 15 is 0 Å². The number of hydrogen-bond acceptors (Lipinski definition) is 1. The summed E-state index contributed by atoms with van der Waals surface area (Å²) in [6, 6.07) is 9.00. The van der Waals surface area contributed by atoms with Gasteiger partial charge in [-0.1, -0.05) is 22.0 Å². The first-order valence-electron chi connectivity index (χ1n) is 5.61. The minimum atomic E-state index is -0.378. The molecule has 0 bridgehead atoms. The molecule has 0 aliphatic rings. The molecule has 0 aliphatic carbocycles. The zero-order valence-corrected chi connectivity index (χ0v) is 13.0. The number of nitrogens with two attached hydrogens (primary N) is 1. The molecule has 0 radical (unpaired) electrons. The molecule has 2 aromatic rings. The largest absolute Gasteiger partial charge is 0.324 e. The van der Waals surface area contributed by atoms with Crippen LogP contribution in [0.25, 0.3) is 0 Å². The molecule has 1 atom stereocenters. The van der Waals surface area contributed by atoms with Crippen LogP contribution in [0, 0.1) is 11.6 Å². The monoisotopic (exact) mass is 389 g/mol. The number of benzene rings is 2. The van der Waals surface area contributed by atoms with Crippen LogP contribution >= 0.6 is 31.9 Å². The highest BCUT2D eigenvalue weighted by Gasteiger charge is 2.11. The zero-order chi connectivity index (χ0) is 14.0. The normalized spacial score (nSPS) is 12.5. The van der Waals surface area contributed by atoms with E-state index in [0.717, 1.165) is 5.56 Å². The van der Waals surface area contributed by atoms with Crippen LogP contribution in [0.15, 0.2) is 45.3 Å². The highest BCUT2D eigenvalue weighted by atomic mass is 79.9. The maximum absolute atomic E-state index is 13.4. The Hall–Kier alpha value is -0.780. The molecule has 2 rings (SSSR count). The molecule has 0 amide bonds. The molecular formula is C14H11Br2F2N. The summed E-state index contributed by atoms with van der Waals surface area (Å²) in [6.07, 6.45) is 0.442. The summed E-state index contributed by atoms with van der Waals surface area (Å²) in [6.45, 7) is 0. The lowest BCUT2D eigenvalue weighted by molar-refractivity contribution is 0.609. The second kappa shape index (κ2) is 6.11. The van der Waals surface area contributed by atoms with Gasteiger partial charge in [-0.3, -0.25) is 0 Å². The quantitative estimate of drug-likeness (QED) is 0.805. The maximum atomic E-state index is 13.4. The van der Waals surface area contributed by atoms with Crippen molar-refractivity contribution in [1.82, 2.24) is 0 Å². The van der Waals surface area contributed by atoms with Crippen molar-refractivity contribution in [3.8, 4) is 0 Å². The molecule has 0 saturated carbocycles. The highest BCUT2D eigenvalue weighted by molar-refractivity contribution is 9.10. The fraction of sp³-hybridized carbons (Fsp3) is 0.143. The van der Waals surface area contributed by atoms with E-state index in [1.807, 2.05) is 0 Å². The summed E-state index contributed by atoms with van der Waals surface area (Å²) >= 11 is 6.33. The van der Waals surface area contributed by atoms with E-state index in [2.05, 4.69) is 31.9 Å². The Morgan fingerprint density at radius 2 is 1.79 bits per heavy atom. The number of hydrogen-bond donors (Lipinski definition) is 1. The van der Waals surface area contributed by atoms with Gasteiger partial charge in [-0.25, -0.2) is 8.78 Å². The van der Waals surface area contributed by atoms with Gasteiger partial charge in [0.1, 0.15) is 11.6 Å². The molecule has 5 heteroatoms. The Balaban J connectivity index is 2.20. The molecule has 1 unspecified atom stereocenters. The fourth-order valence-electron chi connectivity index (χ4n) is 1.84. The van der Waals surface area contributed by atoms with Gasteiger partial charge >= 0.3 is 0 Å². The van der Waals surface area contributed by atoms with Gasteiger partial charge < -0.3 is 5.73 Å². The van der Waals surface area contributed by atoms with E-state index in [-0.39, 0.29) is 17.7 Å². The maximum Gasteiger partial charge on any atom is 0.137 e. The summed E-state index contributed by atoms with van der Waals surface area (Å²) in [5.74, 6) is -0.674. The van der Waals surface area contributed by atoms with E-state index in [9.17, 15) is 8.78 Å². The van der Waals surface area contributed by atoms with Gasteiger partial charge in [-0.2, -0.15) is 0 Å². The minimum Gasteiger partial charge on any atom is -0.324 e. The molecule has 0 saturated heterocycles.